The Hall–Kier alpha value is -9.66. The van der Waals surface area contributed by atoms with E-state index in [-0.39, 0.29) is 11.1 Å². The van der Waals surface area contributed by atoms with E-state index in [0.717, 1.165) is 60.2 Å². The Morgan fingerprint density at radius 2 is 0.772 bits per heavy atom. The summed E-state index contributed by atoms with van der Waals surface area (Å²) < 4.78 is 23.9. The lowest BCUT2D eigenvalue weighted by atomic mass is 9.65. The van der Waals surface area contributed by atoms with Crippen molar-refractivity contribution in [1.82, 2.24) is 17.5 Å². The maximum absolute atomic E-state index is 9.60. The Morgan fingerprint density at radius 1 is 0.348 bits per heavy atom. The van der Waals surface area contributed by atoms with E-state index in [1.807, 2.05) is 93.9 Å². The fourth-order valence-electron chi connectivity index (χ4n) is 13.8. The summed E-state index contributed by atoms with van der Waals surface area (Å²) in [6.45, 7) is 8.70. The van der Waals surface area contributed by atoms with Crippen LogP contribution >= 0.6 is 91.5 Å². The molecule has 0 spiro atoms. The maximum atomic E-state index is 9.60. The van der Waals surface area contributed by atoms with Gasteiger partial charge in [0.25, 0.3) is 0 Å². The van der Waals surface area contributed by atoms with Crippen LogP contribution in [0.4, 0.5) is 0 Å². The number of aryl methyl sites for hydroxylation is 4. The van der Waals surface area contributed by atoms with Crippen LogP contribution in [0.15, 0.2) is 181 Å². The van der Waals surface area contributed by atoms with E-state index >= 15 is 0 Å². The third-order valence-corrected chi connectivity index (χ3v) is 26.9. The zero-order chi connectivity index (χ0) is 62.3. The summed E-state index contributed by atoms with van der Waals surface area (Å²) in [6.07, 6.45) is 3.17. The van der Waals surface area contributed by atoms with Gasteiger partial charge in [-0.15, -0.1) is 68.0 Å². The summed E-state index contributed by atoms with van der Waals surface area (Å²) in [5.41, 5.74) is 22.3. The second-order valence-electron chi connectivity index (χ2n) is 23.4. The molecule has 15 aromatic rings. The van der Waals surface area contributed by atoms with Gasteiger partial charge in [-0.25, -0.2) is 0 Å². The zero-order valence-electron chi connectivity index (χ0n) is 49.2. The summed E-state index contributed by atoms with van der Waals surface area (Å²) in [6, 6.07) is 72.0. The quantitative estimate of drug-likeness (QED) is 0.123. The number of benzene rings is 7. The first-order valence-electron chi connectivity index (χ1n) is 29.4. The molecule has 0 aliphatic heterocycles. The Balaban J connectivity index is 0.875. The summed E-state index contributed by atoms with van der Waals surface area (Å²) >= 11 is 13.4. The maximum Gasteiger partial charge on any atom is 0.130 e. The summed E-state index contributed by atoms with van der Waals surface area (Å²) in [7, 11) is 0. The molecule has 92 heavy (non-hydrogen) atoms. The molecule has 0 atom stereocenters. The first kappa shape index (κ1) is 56.3. The van der Waals surface area contributed by atoms with Gasteiger partial charge in [0.05, 0.1) is 48.4 Å². The van der Waals surface area contributed by atoms with Crippen molar-refractivity contribution in [2.24, 2.45) is 0 Å². The van der Waals surface area contributed by atoms with Gasteiger partial charge in [-0.05, 0) is 138 Å². The highest BCUT2D eigenvalue weighted by atomic mass is 32.1. The van der Waals surface area contributed by atoms with E-state index in [2.05, 4.69) is 182 Å². The standard InChI is InChI=1S/C76H42N8S8/c1-39-5-15-47(16-6-39)75(48-17-7-40(2)8-18-48)55-32-54-56(31-53(55)70-57(75)33-62(87-70)60-27-25-58(85-60)51-23-13-45(29-43(35-77)36-78)66-68(51)83-91-81-66)76(49-19-9-41(3)10-20-49,50-21-11-42(4)12-22-50)65-71(54)90-74-72-64(89-73(65)74)34-63(88-72)61-28-26-59(86-61)52-24-14-46(30-44(37-79)38-80)67-69(52)84-92-82-67/h5-34H,1-4H3. The minimum Gasteiger partial charge on any atom is -0.192 e. The average Bonchev–Trinajstić information content (AvgIpc) is 1.49. The zero-order valence-corrected chi connectivity index (χ0v) is 55.7. The Bertz CT molecular complexity index is 5740. The van der Waals surface area contributed by atoms with Crippen LogP contribution in [-0.4, -0.2) is 17.5 Å². The van der Waals surface area contributed by atoms with Gasteiger partial charge in [-0.2, -0.15) is 38.5 Å². The van der Waals surface area contributed by atoms with Crippen LogP contribution in [0.25, 0.3) is 114 Å². The lowest BCUT2D eigenvalue weighted by Crippen LogP contribution is -2.30. The van der Waals surface area contributed by atoms with Gasteiger partial charge in [0.2, 0.25) is 0 Å². The van der Waals surface area contributed by atoms with Crippen molar-refractivity contribution in [1.29, 1.82) is 21.0 Å². The number of aromatic nitrogens is 4. The smallest absolute Gasteiger partial charge is 0.130 e. The van der Waals surface area contributed by atoms with E-state index in [1.54, 1.807) is 34.8 Å². The molecule has 7 aromatic carbocycles. The second kappa shape index (κ2) is 21.5. The molecule has 0 bridgehead atoms. The number of nitriles is 4. The number of allylic oxidation sites excluding steroid dienone is 2. The molecule has 8 nitrogen and oxygen atoms in total. The van der Waals surface area contributed by atoms with Crippen molar-refractivity contribution in [3.63, 3.8) is 0 Å². The molecule has 0 saturated carbocycles. The van der Waals surface area contributed by atoms with E-state index < -0.39 is 10.8 Å². The molecule has 0 amide bonds. The Kier molecular flexibility index (Phi) is 13.2. The molecule has 8 heterocycles. The van der Waals surface area contributed by atoms with Crippen molar-refractivity contribution in [2.45, 2.75) is 38.5 Å². The normalized spacial score (nSPS) is 13.1. The van der Waals surface area contributed by atoms with E-state index in [0.29, 0.717) is 22.2 Å². The third-order valence-electron chi connectivity index (χ3n) is 18.1. The summed E-state index contributed by atoms with van der Waals surface area (Å²) in [5.74, 6) is 0. The van der Waals surface area contributed by atoms with Crippen molar-refractivity contribution in [3.8, 4) is 85.5 Å². The molecule has 0 N–H and O–H groups in total. The predicted molar refractivity (Wildman–Crippen MR) is 384 cm³/mol. The molecule has 16 heteroatoms. The van der Waals surface area contributed by atoms with Gasteiger partial charge in [-0.3, -0.25) is 0 Å². The number of fused-ring (bicyclic) bond motifs is 12. The predicted octanol–water partition coefficient (Wildman–Crippen LogP) is 21.9. The largest absolute Gasteiger partial charge is 0.192 e. The highest BCUT2D eigenvalue weighted by Gasteiger charge is 2.54. The lowest BCUT2D eigenvalue weighted by Gasteiger charge is -2.35. The van der Waals surface area contributed by atoms with E-state index in [1.165, 1.54) is 121 Å². The molecule has 0 radical (unpaired) electrons. The Labute approximate surface area is 561 Å². The number of thiophene rings is 6. The molecule has 0 unspecified atom stereocenters. The minimum atomic E-state index is -0.689. The Morgan fingerprint density at radius 3 is 1.25 bits per heavy atom. The number of hydrogen-bond acceptors (Lipinski definition) is 16. The molecule has 8 aromatic heterocycles. The van der Waals surface area contributed by atoms with Gasteiger partial charge in [0.15, 0.2) is 0 Å². The van der Waals surface area contributed by atoms with Gasteiger partial charge >= 0.3 is 0 Å². The average molecular weight is 1320 g/mol. The minimum absolute atomic E-state index is 0.0190. The van der Waals surface area contributed by atoms with Crippen molar-refractivity contribution in [3.05, 3.63) is 259 Å². The first-order chi connectivity index (χ1) is 45.0. The van der Waals surface area contributed by atoms with Crippen LogP contribution in [0.5, 0.6) is 0 Å². The summed E-state index contributed by atoms with van der Waals surface area (Å²) in [4.78, 5) is 9.44. The van der Waals surface area contributed by atoms with Crippen LogP contribution in [0.3, 0.4) is 0 Å². The topological polar surface area (TPSA) is 147 Å². The van der Waals surface area contributed by atoms with Gasteiger partial charge in [0, 0.05) is 71.5 Å². The van der Waals surface area contributed by atoms with Crippen LogP contribution in [0.1, 0.15) is 77.9 Å². The van der Waals surface area contributed by atoms with Crippen LogP contribution in [0, 0.1) is 73.0 Å². The molecule has 434 valence electrons. The van der Waals surface area contributed by atoms with Crippen molar-refractivity contribution < 1.29 is 0 Å². The third kappa shape index (κ3) is 8.33. The monoisotopic (exact) mass is 1320 g/mol. The number of hydrogen-bond donors (Lipinski definition) is 0. The van der Waals surface area contributed by atoms with Crippen molar-refractivity contribution in [2.75, 3.05) is 0 Å². The molecule has 2 aliphatic rings. The van der Waals surface area contributed by atoms with Gasteiger partial charge in [-0.1, -0.05) is 144 Å². The SMILES string of the molecule is Cc1ccc(C2(c3ccc(C)cc3)c3cc4c(cc3-c3sc(-c5ccc(-c6ccc(C=C(C#N)C#N)c7nsnc67)s5)cc32)C(c2ccc(C)cc2)(c2ccc(C)cc2)c2c-4sc3c2sc2cc(-c4ccc(-c5ccc(C=C(C#N)C#N)c6nsnc56)s4)sc23)cc1. The number of rotatable bonds is 10. The highest BCUT2D eigenvalue weighted by molar-refractivity contribution is 7.41. The fourth-order valence-corrected chi connectivity index (χ4v) is 22.8. The molecule has 17 rings (SSSR count). The lowest BCUT2D eigenvalue weighted by molar-refractivity contribution is 0.762. The fraction of sp³-hybridized carbons (Fsp3) is 0.0789. The van der Waals surface area contributed by atoms with Gasteiger partial charge in [0.1, 0.15) is 57.5 Å². The van der Waals surface area contributed by atoms with Crippen LogP contribution < -0.4 is 0 Å². The first-order valence-corrected chi connectivity index (χ1v) is 35.7. The van der Waals surface area contributed by atoms with E-state index in [9.17, 15) is 21.0 Å². The second-order valence-corrected chi connectivity index (χ2v) is 30.8. The van der Waals surface area contributed by atoms with Crippen molar-refractivity contribution >= 4 is 144 Å². The van der Waals surface area contributed by atoms with E-state index in [4.69, 9.17) is 8.75 Å². The molecule has 0 saturated heterocycles. The molecular weight excluding hydrogens is 1280 g/mol. The molecule has 0 fully saturated rings. The van der Waals surface area contributed by atoms with Gasteiger partial charge < -0.3 is 0 Å². The molecule has 2 aliphatic carbocycles. The summed E-state index contributed by atoms with van der Waals surface area (Å²) in [5, 5.41) is 38.2. The van der Waals surface area contributed by atoms with Crippen LogP contribution in [-0.2, 0) is 10.8 Å². The van der Waals surface area contributed by atoms with Crippen LogP contribution in [0.2, 0.25) is 0 Å². The number of nitrogens with zero attached hydrogens (tertiary/aromatic N) is 8. The molecular formula is C76H42N8S8. The highest BCUT2D eigenvalue weighted by Crippen LogP contribution is 2.68.